The van der Waals surface area contributed by atoms with Crippen molar-refractivity contribution in [1.29, 1.82) is 5.26 Å². The topological polar surface area (TPSA) is 36.1 Å². The van der Waals surface area contributed by atoms with Crippen LogP contribution in [0.5, 0.6) is 0 Å². The second-order valence-electron chi connectivity index (χ2n) is 3.96. The van der Waals surface area contributed by atoms with Gasteiger partial charge in [-0.3, -0.25) is 4.99 Å². The van der Waals surface area contributed by atoms with Crippen LogP contribution >= 0.6 is 0 Å². The SMILES string of the molecule is CN=C1c2ccccc2-c2c(C#N)cccc21. The van der Waals surface area contributed by atoms with E-state index in [9.17, 15) is 5.26 Å². The third kappa shape index (κ3) is 1.23. The molecule has 0 unspecified atom stereocenters. The Balaban J connectivity index is 2.46. The third-order valence-electron chi connectivity index (χ3n) is 3.12. The zero-order valence-electron chi connectivity index (χ0n) is 9.44. The van der Waals surface area contributed by atoms with Crippen molar-refractivity contribution in [1.82, 2.24) is 0 Å². The van der Waals surface area contributed by atoms with Gasteiger partial charge in [0, 0.05) is 23.7 Å². The van der Waals surface area contributed by atoms with E-state index in [-0.39, 0.29) is 0 Å². The van der Waals surface area contributed by atoms with Gasteiger partial charge in [-0.15, -0.1) is 0 Å². The number of fused-ring (bicyclic) bond motifs is 3. The van der Waals surface area contributed by atoms with Crippen molar-refractivity contribution in [2.24, 2.45) is 4.99 Å². The molecule has 0 atom stereocenters. The molecular weight excluding hydrogens is 208 g/mol. The molecule has 0 fully saturated rings. The van der Waals surface area contributed by atoms with Gasteiger partial charge in [-0.2, -0.15) is 5.26 Å². The van der Waals surface area contributed by atoms with Crippen molar-refractivity contribution >= 4 is 5.71 Å². The first kappa shape index (κ1) is 9.80. The van der Waals surface area contributed by atoms with Crippen LogP contribution in [0.15, 0.2) is 47.5 Å². The monoisotopic (exact) mass is 218 g/mol. The van der Waals surface area contributed by atoms with E-state index in [0.29, 0.717) is 5.56 Å². The van der Waals surface area contributed by atoms with Crippen LogP contribution in [0.25, 0.3) is 11.1 Å². The lowest BCUT2D eigenvalue weighted by molar-refractivity contribution is 1.43. The van der Waals surface area contributed by atoms with E-state index in [1.807, 2.05) is 36.4 Å². The van der Waals surface area contributed by atoms with Gasteiger partial charge in [-0.1, -0.05) is 36.4 Å². The van der Waals surface area contributed by atoms with Gasteiger partial charge in [-0.05, 0) is 11.6 Å². The molecule has 0 N–H and O–H groups in total. The summed E-state index contributed by atoms with van der Waals surface area (Å²) in [5, 5.41) is 9.20. The highest BCUT2D eigenvalue weighted by Gasteiger charge is 2.25. The molecule has 0 amide bonds. The van der Waals surface area contributed by atoms with Crippen molar-refractivity contribution in [3.63, 3.8) is 0 Å². The zero-order chi connectivity index (χ0) is 11.8. The number of rotatable bonds is 0. The number of aliphatic imine (C=N–C) groups is 1. The second-order valence-corrected chi connectivity index (χ2v) is 3.96. The lowest BCUT2D eigenvalue weighted by Crippen LogP contribution is -1.97. The normalized spacial score (nSPS) is 14.2. The smallest absolute Gasteiger partial charge is 0.0998 e. The van der Waals surface area contributed by atoms with Gasteiger partial charge in [0.25, 0.3) is 0 Å². The summed E-state index contributed by atoms with van der Waals surface area (Å²) in [4.78, 5) is 4.35. The van der Waals surface area contributed by atoms with Gasteiger partial charge >= 0.3 is 0 Å². The van der Waals surface area contributed by atoms with E-state index in [2.05, 4.69) is 17.1 Å². The van der Waals surface area contributed by atoms with Gasteiger partial charge in [0.2, 0.25) is 0 Å². The van der Waals surface area contributed by atoms with E-state index in [0.717, 1.165) is 28.0 Å². The Morgan fingerprint density at radius 3 is 2.35 bits per heavy atom. The van der Waals surface area contributed by atoms with Crippen LogP contribution in [0.2, 0.25) is 0 Å². The van der Waals surface area contributed by atoms with Gasteiger partial charge in [0.1, 0.15) is 0 Å². The maximum Gasteiger partial charge on any atom is 0.0998 e. The van der Waals surface area contributed by atoms with Crippen molar-refractivity contribution in [2.75, 3.05) is 7.05 Å². The molecule has 3 rings (SSSR count). The molecule has 17 heavy (non-hydrogen) atoms. The van der Waals surface area contributed by atoms with Crippen LogP contribution < -0.4 is 0 Å². The molecule has 0 radical (unpaired) electrons. The number of hydrogen-bond acceptors (Lipinski definition) is 2. The molecule has 2 aromatic rings. The summed E-state index contributed by atoms with van der Waals surface area (Å²) in [7, 11) is 1.79. The van der Waals surface area contributed by atoms with Crippen LogP contribution in [0.1, 0.15) is 16.7 Å². The molecule has 0 saturated carbocycles. The Labute approximate surface area is 99.9 Å². The molecule has 0 bridgehead atoms. The van der Waals surface area contributed by atoms with E-state index in [1.54, 1.807) is 7.05 Å². The highest BCUT2D eigenvalue weighted by Crippen LogP contribution is 2.38. The zero-order valence-corrected chi connectivity index (χ0v) is 9.44. The van der Waals surface area contributed by atoms with E-state index in [4.69, 9.17) is 0 Å². The maximum absolute atomic E-state index is 9.20. The molecule has 1 aliphatic carbocycles. The van der Waals surface area contributed by atoms with E-state index >= 15 is 0 Å². The second kappa shape index (κ2) is 3.57. The lowest BCUT2D eigenvalue weighted by Gasteiger charge is -2.01. The minimum absolute atomic E-state index is 0.716. The fourth-order valence-electron chi connectivity index (χ4n) is 2.43. The Morgan fingerprint density at radius 2 is 1.65 bits per heavy atom. The quantitative estimate of drug-likeness (QED) is 0.571. The van der Waals surface area contributed by atoms with Crippen molar-refractivity contribution < 1.29 is 0 Å². The fraction of sp³-hybridized carbons (Fsp3) is 0.0667. The summed E-state index contributed by atoms with van der Waals surface area (Å²) in [6, 6.07) is 16.2. The predicted molar refractivity (Wildman–Crippen MR) is 68.2 cm³/mol. The summed E-state index contributed by atoms with van der Waals surface area (Å²) in [6.07, 6.45) is 0. The lowest BCUT2D eigenvalue weighted by atomic mass is 10.0. The first-order valence-corrected chi connectivity index (χ1v) is 5.47. The standard InChI is InChI=1S/C15H10N2/c1-17-15-12-7-3-2-6-11(12)14-10(9-16)5-4-8-13(14)15/h2-8H,1H3. The highest BCUT2D eigenvalue weighted by molar-refractivity contribution is 6.25. The van der Waals surface area contributed by atoms with Crippen LogP contribution in [0.4, 0.5) is 0 Å². The average molecular weight is 218 g/mol. The Kier molecular flexibility index (Phi) is 2.06. The Hall–Kier alpha value is -2.40. The summed E-state index contributed by atoms with van der Waals surface area (Å²) in [5.41, 5.74) is 6.01. The van der Waals surface area contributed by atoms with E-state index < -0.39 is 0 Å². The molecule has 0 aromatic heterocycles. The minimum atomic E-state index is 0.716. The van der Waals surface area contributed by atoms with Crippen LogP contribution in [-0.2, 0) is 0 Å². The Bertz CT molecular complexity index is 676. The Morgan fingerprint density at radius 1 is 0.941 bits per heavy atom. The molecule has 80 valence electrons. The highest BCUT2D eigenvalue weighted by atomic mass is 14.7. The predicted octanol–water partition coefficient (Wildman–Crippen LogP) is 3.01. The van der Waals surface area contributed by atoms with Crippen molar-refractivity contribution in [3.8, 4) is 17.2 Å². The third-order valence-corrected chi connectivity index (χ3v) is 3.12. The number of nitriles is 1. The summed E-state index contributed by atoms with van der Waals surface area (Å²) < 4.78 is 0. The first-order chi connectivity index (χ1) is 8.36. The molecule has 0 spiro atoms. The van der Waals surface area contributed by atoms with E-state index in [1.165, 1.54) is 0 Å². The fourth-order valence-corrected chi connectivity index (χ4v) is 2.43. The largest absolute Gasteiger partial charge is 0.287 e. The molecule has 1 aliphatic rings. The average Bonchev–Trinajstić information content (AvgIpc) is 2.72. The maximum atomic E-state index is 9.20. The molecule has 0 saturated heterocycles. The van der Waals surface area contributed by atoms with Crippen molar-refractivity contribution in [3.05, 3.63) is 59.2 Å². The molecule has 0 heterocycles. The summed E-state index contributed by atoms with van der Waals surface area (Å²) in [6.45, 7) is 0. The van der Waals surface area contributed by atoms with Gasteiger partial charge < -0.3 is 0 Å². The van der Waals surface area contributed by atoms with Crippen LogP contribution in [0, 0.1) is 11.3 Å². The number of benzene rings is 2. The minimum Gasteiger partial charge on any atom is -0.287 e. The number of hydrogen-bond donors (Lipinski definition) is 0. The molecule has 2 nitrogen and oxygen atoms in total. The van der Waals surface area contributed by atoms with Gasteiger partial charge in [-0.25, -0.2) is 0 Å². The van der Waals surface area contributed by atoms with Crippen molar-refractivity contribution in [2.45, 2.75) is 0 Å². The summed E-state index contributed by atoms with van der Waals surface area (Å²) >= 11 is 0. The van der Waals surface area contributed by atoms with Gasteiger partial charge in [0.15, 0.2) is 0 Å². The molecule has 2 aromatic carbocycles. The van der Waals surface area contributed by atoms with Crippen LogP contribution in [-0.4, -0.2) is 12.8 Å². The summed E-state index contributed by atoms with van der Waals surface area (Å²) in [5.74, 6) is 0. The molecular formula is C15H10N2. The first-order valence-electron chi connectivity index (χ1n) is 5.47. The number of nitrogens with zero attached hydrogens (tertiary/aromatic N) is 2. The van der Waals surface area contributed by atoms with Crippen LogP contribution in [0.3, 0.4) is 0 Å². The molecule has 0 aliphatic heterocycles. The molecule has 2 heteroatoms. The van der Waals surface area contributed by atoms with Gasteiger partial charge in [0.05, 0.1) is 17.3 Å².